The number of piperidine rings is 2. The third-order valence-corrected chi connectivity index (χ3v) is 12.9. The minimum absolute atomic E-state index is 0.00364. The monoisotopic (exact) mass is 875 g/mol. The summed E-state index contributed by atoms with van der Waals surface area (Å²) in [6.07, 6.45) is 5.31. The molecule has 0 spiro atoms. The maximum Gasteiger partial charge on any atom is 0.410 e. The van der Waals surface area contributed by atoms with Crippen LogP contribution in [0.4, 0.5) is 9.59 Å². The highest BCUT2D eigenvalue weighted by Crippen LogP contribution is 2.30. The number of nitrogens with one attached hydrogen (secondary N) is 3. The van der Waals surface area contributed by atoms with Crippen LogP contribution in [0.5, 0.6) is 0 Å². The van der Waals surface area contributed by atoms with Crippen molar-refractivity contribution in [3.8, 4) is 10.4 Å². The molecule has 2 aliphatic rings. The molecule has 4 rings (SSSR count). The van der Waals surface area contributed by atoms with Gasteiger partial charge < -0.3 is 34.6 Å². The number of hydrogen-bond donors (Lipinski definition) is 3. The molecule has 60 heavy (non-hydrogen) atoms. The molecule has 0 radical (unpaired) electrons. The largest absolute Gasteiger partial charge is 0.465 e. The SMILES string of the molecule is CCOC(=O)[C@H](CNC(=O)CNC(=O)C(CCC1CCN(C(=O)OC(C)(C)C)CC1)CCC1CCN(C(=O)OC(C)(C)C)CC1)NS(=O)(=O)c1ccc(-c2cccs2)cc1. The van der Waals surface area contributed by atoms with Gasteiger partial charge in [-0.2, -0.15) is 4.72 Å². The first-order chi connectivity index (χ1) is 28.2. The first-order valence-corrected chi connectivity index (χ1v) is 23.4. The first kappa shape index (κ1) is 48.4. The maximum atomic E-state index is 13.7. The van der Waals surface area contributed by atoms with E-state index in [4.69, 9.17) is 14.2 Å². The number of likely N-dealkylation sites (tertiary alicyclic amines) is 2. The van der Waals surface area contributed by atoms with Crippen LogP contribution in [0.1, 0.15) is 99.8 Å². The average Bonchev–Trinajstić information content (AvgIpc) is 3.73. The molecule has 1 aromatic carbocycles. The smallest absolute Gasteiger partial charge is 0.410 e. The fourth-order valence-electron chi connectivity index (χ4n) is 7.24. The summed E-state index contributed by atoms with van der Waals surface area (Å²) >= 11 is 1.52. The van der Waals surface area contributed by atoms with Crippen LogP contribution in [0.3, 0.4) is 0 Å². The minimum atomic E-state index is -4.17. The molecule has 0 aliphatic carbocycles. The number of amides is 4. The second-order valence-electron chi connectivity index (χ2n) is 17.6. The zero-order valence-electron chi connectivity index (χ0n) is 36.3. The highest BCUT2D eigenvalue weighted by atomic mass is 32.2. The van der Waals surface area contributed by atoms with Gasteiger partial charge in [-0.1, -0.05) is 18.2 Å². The minimum Gasteiger partial charge on any atom is -0.465 e. The lowest BCUT2D eigenvalue weighted by Crippen LogP contribution is -2.50. The Kier molecular flexibility index (Phi) is 17.8. The van der Waals surface area contributed by atoms with Crippen LogP contribution in [-0.4, -0.2) is 111 Å². The molecule has 2 fully saturated rings. The van der Waals surface area contributed by atoms with Gasteiger partial charge in [0.1, 0.15) is 17.2 Å². The predicted octanol–water partition coefficient (Wildman–Crippen LogP) is 6.33. The molecule has 0 bridgehead atoms. The van der Waals surface area contributed by atoms with Crippen molar-refractivity contribution >= 4 is 51.3 Å². The molecule has 4 amide bonds. The van der Waals surface area contributed by atoms with E-state index in [1.54, 1.807) is 28.9 Å². The number of carbonyl (C=O) groups is 5. The van der Waals surface area contributed by atoms with Gasteiger partial charge in [-0.3, -0.25) is 14.4 Å². The van der Waals surface area contributed by atoms with Crippen LogP contribution in [0.15, 0.2) is 46.7 Å². The van der Waals surface area contributed by atoms with Gasteiger partial charge in [0.05, 0.1) is 18.0 Å². The van der Waals surface area contributed by atoms with E-state index >= 15 is 0 Å². The number of esters is 1. The van der Waals surface area contributed by atoms with Crippen LogP contribution in [-0.2, 0) is 38.6 Å². The van der Waals surface area contributed by atoms with Gasteiger partial charge >= 0.3 is 18.2 Å². The normalized spacial score (nSPS) is 16.3. The highest BCUT2D eigenvalue weighted by molar-refractivity contribution is 7.89. The van der Waals surface area contributed by atoms with Crippen molar-refractivity contribution in [2.24, 2.45) is 17.8 Å². The summed E-state index contributed by atoms with van der Waals surface area (Å²) in [7, 11) is -4.17. The lowest BCUT2D eigenvalue weighted by Gasteiger charge is -2.34. The molecule has 15 nitrogen and oxygen atoms in total. The van der Waals surface area contributed by atoms with Gasteiger partial charge in [0.15, 0.2) is 0 Å². The van der Waals surface area contributed by atoms with Gasteiger partial charge in [-0.05, 0) is 141 Å². The molecule has 3 N–H and O–H groups in total. The molecule has 2 saturated heterocycles. The molecular weight excluding hydrogens is 811 g/mol. The van der Waals surface area contributed by atoms with Crippen LogP contribution >= 0.6 is 11.3 Å². The van der Waals surface area contributed by atoms with Crippen molar-refractivity contribution < 1.29 is 46.6 Å². The Bertz CT molecular complexity index is 1770. The Balaban J connectivity index is 1.32. The number of thiophene rings is 1. The molecule has 2 aromatic rings. The van der Waals surface area contributed by atoms with Gasteiger partial charge in [-0.25, -0.2) is 18.0 Å². The average molecular weight is 876 g/mol. The van der Waals surface area contributed by atoms with Crippen LogP contribution < -0.4 is 15.4 Å². The van der Waals surface area contributed by atoms with Gasteiger partial charge in [-0.15, -0.1) is 11.3 Å². The fourth-order valence-corrected chi connectivity index (χ4v) is 9.16. The summed E-state index contributed by atoms with van der Waals surface area (Å²) in [6.45, 7) is 14.2. The van der Waals surface area contributed by atoms with Crippen molar-refractivity contribution in [1.29, 1.82) is 0 Å². The topological polar surface area (TPSA) is 190 Å². The highest BCUT2D eigenvalue weighted by Gasteiger charge is 2.32. The number of benzene rings is 1. The summed E-state index contributed by atoms with van der Waals surface area (Å²) in [4.78, 5) is 69.2. The summed E-state index contributed by atoms with van der Waals surface area (Å²) in [5.74, 6) is -1.45. The van der Waals surface area contributed by atoms with Gasteiger partial charge in [0, 0.05) is 43.5 Å². The molecule has 1 aromatic heterocycles. The van der Waals surface area contributed by atoms with Crippen LogP contribution in [0, 0.1) is 17.8 Å². The van der Waals surface area contributed by atoms with Crippen LogP contribution in [0.25, 0.3) is 10.4 Å². The van der Waals surface area contributed by atoms with E-state index in [0.29, 0.717) is 50.9 Å². The van der Waals surface area contributed by atoms with Crippen molar-refractivity contribution in [3.05, 3.63) is 41.8 Å². The van der Waals surface area contributed by atoms with E-state index in [1.165, 1.54) is 23.5 Å². The van der Waals surface area contributed by atoms with E-state index in [0.717, 1.165) is 49.0 Å². The predicted molar refractivity (Wildman–Crippen MR) is 230 cm³/mol. The zero-order chi connectivity index (χ0) is 44.1. The molecule has 17 heteroatoms. The number of carbonyl (C=O) groups excluding carboxylic acids is 5. The van der Waals surface area contributed by atoms with E-state index in [2.05, 4.69) is 15.4 Å². The second-order valence-corrected chi connectivity index (χ2v) is 20.3. The molecule has 1 atom stereocenters. The summed E-state index contributed by atoms with van der Waals surface area (Å²) in [5.41, 5.74) is -0.297. The first-order valence-electron chi connectivity index (χ1n) is 21.1. The van der Waals surface area contributed by atoms with Crippen molar-refractivity contribution in [3.63, 3.8) is 0 Å². The zero-order valence-corrected chi connectivity index (χ0v) is 37.9. The van der Waals surface area contributed by atoms with E-state index < -0.39 is 45.7 Å². The van der Waals surface area contributed by atoms with E-state index in [-0.39, 0.29) is 42.1 Å². The molecular formula is C43H65N5O10S2. The summed E-state index contributed by atoms with van der Waals surface area (Å²) in [6, 6.07) is 8.68. The Morgan fingerprint density at radius 2 is 1.30 bits per heavy atom. The molecule has 0 unspecified atom stereocenters. The Morgan fingerprint density at radius 3 is 1.75 bits per heavy atom. The van der Waals surface area contributed by atoms with Crippen molar-refractivity contribution in [1.82, 2.24) is 25.2 Å². The Morgan fingerprint density at radius 1 is 0.783 bits per heavy atom. The third kappa shape index (κ3) is 16.0. The summed E-state index contributed by atoms with van der Waals surface area (Å²) < 4.78 is 45.1. The standard InChI is InChI=1S/C43H65N5O10S2/c1-8-56-39(51)35(46-60(54,55)34-17-15-32(16-18-34)36-10-9-27-59-36)28-44-37(49)29-45-38(50)33(13-11-30-19-23-47(24-20-30)40(52)57-42(2,3)4)14-12-31-21-25-48(26-22-31)41(53)58-43(5,6)7/h9-10,15-18,27,30-31,33,35,46H,8,11-14,19-26,28-29H2,1-7H3,(H,44,49)(H,45,50)/t35-/m0/s1. The lowest BCUT2D eigenvalue weighted by atomic mass is 9.84. The molecule has 2 aliphatic heterocycles. The molecule has 334 valence electrons. The number of ether oxygens (including phenoxy) is 3. The van der Waals surface area contributed by atoms with Crippen molar-refractivity contribution in [2.45, 2.75) is 122 Å². The van der Waals surface area contributed by atoms with Gasteiger partial charge in [0.2, 0.25) is 21.8 Å². The maximum absolute atomic E-state index is 13.7. The van der Waals surface area contributed by atoms with Gasteiger partial charge in [0.25, 0.3) is 0 Å². The fraction of sp³-hybridized carbons (Fsp3) is 0.651. The second kappa shape index (κ2) is 22.0. The molecule has 0 saturated carbocycles. The van der Waals surface area contributed by atoms with E-state index in [1.807, 2.05) is 59.1 Å². The summed E-state index contributed by atoms with van der Waals surface area (Å²) in [5, 5.41) is 7.27. The Hall–Kier alpha value is -4.22. The van der Waals surface area contributed by atoms with Crippen molar-refractivity contribution in [2.75, 3.05) is 45.9 Å². The quantitative estimate of drug-likeness (QED) is 0.120. The number of sulfonamides is 1. The van der Waals surface area contributed by atoms with E-state index in [9.17, 15) is 32.4 Å². The molecule has 3 heterocycles. The lowest BCUT2D eigenvalue weighted by molar-refractivity contribution is -0.145. The number of nitrogens with zero attached hydrogens (tertiary/aromatic N) is 2. The third-order valence-electron chi connectivity index (χ3n) is 10.5. The number of hydrogen-bond acceptors (Lipinski definition) is 11. The Labute approximate surface area is 359 Å². The van der Waals surface area contributed by atoms with Crippen LogP contribution in [0.2, 0.25) is 0 Å². The number of rotatable bonds is 17.